The Bertz CT molecular complexity index is 379. The second-order valence-electron chi connectivity index (χ2n) is 3.91. The van der Waals surface area contributed by atoms with Crippen LogP contribution >= 0.6 is 0 Å². The normalized spacial score (nSPS) is 23.2. The maximum Gasteiger partial charge on any atom is 0.328 e. The number of carbonyl (C=O) groups is 1. The summed E-state index contributed by atoms with van der Waals surface area (Å²) >= 11 is 0. The quantitative estimate of drug-likeness (QED) is 0.748. The lowest BCUT2D eigenvalue weighted by molar-refractivity contribution is -0.131. The van der Waals surface area contributed by atoms with E-state index in [4.69, 9.17) is 5.11 Å². The molecule has 1 aliphatic rings. The highest BCUT2D eigenvalue weighted by Gasteiger charge is 2.22. The summed E-state index contributed by atoms with van der Waals surface area (Å²) < 4.78 is 0. The molecule has 0 heterocycles. The SMILES string of the molecule is O=C(O)/C=C1\CCCC1c1ccccc1. The molecule has 1 unspecified atom stereocenters. The summed E-state index contributed by atoms with van der Waals surface area (Å²) in [5, 5.41) is 8.76. The molecule has 0 spiro atoms. The van der Waals surface area contributed by atoms with E-state index < -0.39 is 5.97 Å². The van der Waals surface area contributed by atoms with Crippen molar-refractivity contribution in [1.82, 2.24) is 0 Å². The van der Waals surface area contributed by atoms with E-state index in [0.717, 1.165) is 24.8 Å². The number of benzene rings is 1. The molecule has 1 fully saturated rings. The zero-order valence-corrected chi connectivity index (χ0v) is 8.52. The molecule has 1 aromatic carbocycles. The van der Waals surface area contributed by atoms with Crippen LogP contribution in [-0.2, 0) is 4.79 Å². The Morgan fingerprint density at radius 3 is 2.73 bits per heavy atom. The van der Waals surface area contributed by atoms with E-state index in [0.29, 0.717) is 5.92 Å². The lowest BCUT2D eigenvalue weighted by Gasteiger charge is -2.11. The molecule has 0 saturated heterocycles. The van der Waals surface area contributed by atoms with Crippen molar-refractivity contribution in [1.29, 1.82) is 0 Å². The Balaban J connectivity index is 2.26. The third-order valence-corrected chi connectivity index (χ3v) is 2.92. The maximum absolute atomic E-state index is 10.7. The summed E-state index contributed by atoms with van der Waals surface area (Å²) in [5.41, 5.74) is 2.30. The van der Waals surface area contributed by atoms with Gasteiger partial charge in [0.25, 0.3) is 0 Å². The van der Waals surface area contributed by atoms with Crippen LogP contribution in [0.2, 0.25) is 0 Å². The van der Waals surface area contributed by atoms with E-state index in [1.54, 1.807) is 0 Å². The second kappa shape index (κ2) is 4.30. The topological polar surface area (TPSA) is 37.3 Å². The van der Waals surface area contributed by atoms with E-state index in [2.05, 4.69) is 12.1 Å². The number of rotatable bonds is 2. The number of aliphatic carboxylic acids is 1. The van der Waals surface area contributed by atoms with Crippen LogP contribution in [0.3, 0.4) is 0 Å². The number of allylic oxidation sites excluding steroid dienone is 1. The average molecular weight is 202 g/mol. The Labute approximate surface area is 89.2 Å². The first-order valence-corrected chi connectivity index (χ1v) is 5.25. The second-order valence-corrected chi connectivity index (χ2v) is 3.91. The van der Waals surface area contributed by atoms with Gasteiger partial charge in [-0.15, -0.1) is 0 Å². The van der Waals surface area contributed by atoms with Crippen molar-refractivity contribution < 1.29 is 9.90 Å². The Morgan fingerprint density at radius 1 is 1.33 bits per heavy atom. The van der Waals surface area contributed by atoms with Gasteiger partial charge in [0.1, 0.15) is 0 Å². The van der Waals surface area contributed by atoms with Crippen LogP contribution in [0.5, 0.6) is 0 Å². The lowest BCUT2D eigenvalue weighted by Crippen LogP contribution is -1.98. The van der Waals surface area contributed by atoms with Crippen molar-refractivity contribution in [2.24, 2.45) is 0 Å². The van der Waals surface area contributed by atoms with E-state index in [1.807, 2.05) is 18.2 Å². The van der Waals surface area contributed by atoms with Crippen molar-refractivity contribution in [3.8, 4) is 0 Å². The maximum atomic E-state index is 10.7. The molecule has 2 rings (SSSR count). The molecule has 1 N–H and O–H groups in total. The van der Waals surface area contributed by atoms with Crippen molar-refractivity contribution in [2.45, 2.75) is 25.2 Å². The fraction of sp³-hybridized carbons (Fsp3) is 0.308. The molecule has 0 amide bonds. The molecule has 1 saturated carbocycles. The van der Waals surface area contributed by atoms with E-state index in [1.165, 1.54) is 11.6 Å². The first-order chi connectivity index (χ1) is 7.27. The summed E-state index contributed by atoms with van der Waals surface area (Å²) in [6, 6.07) is 10.1. The molecule has 0 aromatic heterocycles. The zero-order valence-electron chi connectivity index (χ0n) is 8.52. The van der Waals surface area contributed by atoms with E-state index >= 15 is 0 Å². The highest BCUT2D eigenvalue weighted by molar-refractivity contribution is 5.81. The molecular formula is C13H14O2. The van der Waals surface area contributed by atoms with Crippen molar-refractivity contribution in [3.63, 3.8) is 0 Å². The van der Waals surface area contributed by atoms with Crippen LogP contribution in [-0.4, -0.2) is 11.1 Å². The van der Waals surface area contributed by atoms with Gasteiger partial charge in [-0.05, 0) is 24.8 Å². The van der Waals surface area contributed by atoms with Gasteiger partial charge in [0, 0.05) is 12.0 Å². The molecule has 0 aliphatic heterocycles. The zero-order chi connectivity index (χ0) is 10.7. The van der Waals surface area contributed by atoms with Crippen molar-refractivity contribution in [3.05, 3.63) is 47.5 Å². The third kappa shape index (κ3) is 2.27. The molecule has 1 aromatic rings. The van der Waals surface area contributed by atoms with Crippen molar-refractivity contribution in [2.75, 3.05) is 0 Å². The first kappa shape index (κ1) is 9.97. The molecule has 1 atom stereocenters. The fourth-order valence-electron chi connectivity index (χ4n) is 2.27. The summed E-state index contributed by atoms with van der Waals surface area (Å²) in [4.78, 5) is 10.7. The highest BCUT2D eigenvalue weighted by Crippen LogP contribution is 2.38. The molecule has 0 bridgehead atoms. The monoisotopic (exact) mass is 202 g/mol. The van der Waals surface area contributed by atoms with Gasteiger partial charge in [0.15, 0.2) is 0 Å². The Kier molecular flexibility index (Phi) is 2.86. The van der Waals surface area contributed by atoms with Gasteiger partial charge < -0.3 is 5.11 Å². The van der Waals surface area contributed by atoms with E-state index in [9.17, 15) is 4.79 Å². The van der Waals surface area contributed by atoms with Crippen LogP contribution in [0.15, 0.2) is 42.0 Å². The fourth-order valence-corrected chi connectivity index (χ4v) is 2.27. The Morgan fingerprint density at radius 2 is 2.07 bits per heavy atom. The van der Waals surface area contributed by atoms with Crippen LogP contribution < -0.4 is 0 Å². The predicted octanol–water partition coefficient (Wildman–Crippen LogP) is 2.97. The van der Waals surface area contributed by atoms with Crippen LogP contribution in [0, 0.1) is 0 Å². The van der Waals surface area contributed by atoms with Gasteiger partial charge in [-0.3, -0.25) is 0 Å². The minimum Gasteiger partial charge on any atom is -0.478 e. The van der Waals surface area contributed by atoms with Gasteiger partial charge in [-0.1, -0.05) is 35.9 Å². The highest BCUT2D eigenvalue weighted by atomic mass is 16.4. The summed E-state index contributed by atoms with van der Waals surface area (Å²) in [5.74, 6) is -0.505. The summed E-state index contributed by atoms with van der Waals surface area (Å²) in [6.07, 6.45) is 4.47. The number of hydrogen-bond acceptors (Lipinski definition) is 1. The Hall–Kier alpha value is -1.57. The smallest absolute Gasteiger partial charge is 0.328 e. The van der Waals surface area contributed by atoms with Gasteiger partial charge in [0.05, 0.1) is 0 Å². The van der Waals surface area contributed by atoms with Gasteiger partial charge in [0.2, 0.25) is 0 Å². The lowest BCUT2D eigenvalue weighted by atomic mass is 9.93. The molecule has 2 nitrogen and oxygen atoms in total. The molecule has 15 heavy (non-hydrogen) atoms. The number of carboxylic acids is 1. The molecule has 0 radical (unpaired) electrons. The summed E-state index contributed by atoms with van der Waals surface area (Å²) in [6.45, 7) is 0. The number of hydrogen-bond donors (Lipinski definition) is 1. The van der Waals surface area contributed by atoms with Gasteiger partial charge >= 0.3 is 5.97 Å². The molecule has 78 valence electrons. The molecule has 1 aliphatic carbocycles. The van der Waals surface area contributed by atoms with Crippen LogP contribution in [0.25, 0.3) is 0 Å². The predicted molar refractivity (Wildman–Crippen MR) is 58.8 cm³/mol. The van der Waals surface area contributed by atoms with Crippen LogP contribution in [0.4, 0.5) is 0 Å². The third-order valence-electron chi connectivity index (χ3n) is 2.92. The standard InChI is InChI=1S/C13H14O2/c14-13(15)9-11-7-4-8-12(11)10-5-2-1-3-6-10/h1-3,5-6,9,12H,4,7-8H2,(H,14,15)/b11-9+. The average Bonchev–Trinajstić information content (AvgIpc) is 2.66. The summed E-state index contributed by atoms with van der Waals surface area (Å²) in [7, 11) is 0. The first-order valence-electron chi connectivity index (χ1n) is 5.25. The number of carboxylic acid groups (broad SMARTS) is 1. The minimum absolute atomic E-state index is 0.322. The molecule has 2 heteroatoms. The van der Waals surface area contributed by atoms with Gasteiger partial charge in [-0.2, -0.15) is 0 Å². The largest absolute Gasteiger partial charge is 0.478 e. The van der Waals surface area contributed by atoms with Crippen molar-refractivity contribution >= 4 is 5.97 Å². The van der Waals surface area contributed by atoms with Gasteiger partial charge in [-0.25, -0.2) is 4.79 Å². The minimum atomic E-state index is -0.826. The molecular weight excluding hydrogens is 188 g/mol. The van der Waals surface area contributed by atoms with Crippen LogP contribution in [0.1, 0.15) is 30.7 Å². The van der Waals surface area contributed by atoms with E-state index in [-0.39, 0.29) is 0 Å².